The zero-order valence-electron chi connectivity index (χ0n) is 11.2. The van der Waals surface area contributed by atoms with E-state index >= 15 is 0 Å². The van der Waals surface area contributed by atoms with E-state index in [-0.39, 0.29) is 0 Å². The molecule has 0 aliphatic heterocycles. The summed E-state index contributed by atoms with van der Waals surface area (Å²) in [4.78, 5) is 0. The molecule has 0 radical (unpaired) electrons. The Morgan fingerprint density at radius 2 is 2.06 bits per heavy atom. The van der Waals surface area contributed by atoms with Gasteiger partial charge in [0, 0.05) is 5.92 Å². The van der Waals surface area contributed by atoms with Gasteiger partial charge in [0.2, 0.25) is 0 Å². The Kier molecular flexibility index (Phi) is 3.18. The van der Waals surface area contributed by atoms with Crippen molar-refractivity contribution in [2.24, 2.45) is 23.7 Å². The third kappa shape index (κ3) is 1.84. The van der Waals surface area contributed by atoms with Crippen LogP contribution in [0.4, 0.5) is 0 Å². The summed E-state index contributed by atoms with van der Waals surface area (Å²) in [6.45, 7) is 9.06. The van der Waals surface area contributed by atoms with E-state index in [0.717, 1.165) is 12.8 Å². The summed E-state index contributed by atoms with van der Waals surface area (Å²) in [7, 11) is 0. The molecule has 1 saturated carbocycles. The number of hydrogen-bond donors (Lipinski definition) is 1. The van der Waals surface area contributed by atoms with E-state index in [2.05, 4.69) is 33.8 Å². The Morgan fingerprint density at radius 3 is 2.69 bits per heavy atom. The van der Waals surface area contributed by atoms with Crippen molar-refractivity contribution < 1.29 is 5.11 Å². The fourth-order valence-electron chi connectivity index (χ4n) is 3.79. The van der Waals surface area contributed by atoms with Crippen LogP contribution < -0.4 is 0 Å². The third-order valence-electron chi connectivity index (χ3n) is 5.07. The van der Waals surface area contributed by atoms with Gasteiger partial charge in [-0.2, -0.15) is 0 Å². The van der Waals surface area contributed by atoms with E-state index in [9.17, 15) is 5.11 Å². The second kappa shape index (κ2) is 4.18. The molecule has 0 bridgehead atoms. The molecule has 2 aliphatic carbocycles. The van der Waals surface area contributed by atoms with Crippen LogP contribution in [0.25, 0.3) is 0 Å². The van der Waals surface area contributed by atoms with Crippen LogP contribution in [-0.2, 0) is 0 Å². The number of hydrogen-bond acceptors (Lipinski definition) is 1. The number of rotatable bonds is 1. The molecule has 4 atom stereocenters. The number of aliphatic hydroxyl groups is 1. The van der Waals surface area contributed by atoms with Crippen molar-refractivity contribution in [3.63, 3.8) is 0 Å². The highest BCUT2D eigenvalue weighted by Crippen LogP contribution is 2.50. The van der Waals surface area contributed by atoms with Crippen molar-refractivity contribution >= 4 is 0 Å². The van der Waals surface area contributed by atoms with Gasteiger partial charge in [-0.15, -0.1) is 0 Å². The predicted octanol–water partition coefficient (Wildman–Crippen LogP) is 3.78. The smallest absolute Gasteiger partial charge is 0.0741 e. The number of fused-ring (bicyclic) bond motifs is 1. The molecule has 0 aromatic rings. The summed E-state index contributed by atoms with van der Waals surface area (Å²) in [6, 6.07) is 0. The van der Waals surface area contributed by atoms with Gasteiger partial charge >= 0.3 is 0 Å². The molecular weight excluding hydrogens is 196 g/mol. The van der Waals surface area contributed by atoms with E-state index in [1.807, 2.05) is 0 Å². The van der Waals surface area contributed by atoms with Crippen molar-refractivity contribution in [1.29, 1.82) is 0 Å². The first-order valence-electron chi connectivity index (χ1n) is 6.85. The van der Waals surface area contributed by atoms with Crippen LogP contribution in [0.2, 0.25) is 0 Å². The highest BCUT2D eigenvalue weighted by molar-refractivity contribution is 5.17. The van der Waals surface area contributed by atoms with Gasteiger partial charge in [0.15, 0.2) is 0 Å². The Hall–Kier alpha value is -0.300. The highest BCUT2D eigenvalue weighted by atomic mass is 16.3. The standard InChI is InChI=1S/C15H26O/c1-10(2)13-6-5-12(4)15(16)8-7-11(3)9-14(13)15/h9-10,12-14,16H,5-8H2,1-4H3/t12-,13-,14+,15-/m0/s1. The van der Waals surface area contributed by atoms with Crippen LogP contribution in [0.5, 0.6) is 0 Å². The van der Waals surface area contributed by atoms with Gasteiger partial charge in [-0.1, -0.05) is 32.4 Å². The van der Waals surface area contributed by atoms with E-state index in [4.69, 9.17) is 0 Å². The zero-order valence-corrected chi connectivity index (χ0v) is 11.2. The van der Waals surface area contributed by atoms with Crippen molar-refractivity contribution in [3.8, 4) is 0 Å². The van der Waals surface area contributed by atoms with Crippen LogP contribution in [0, 0.1) is 23.7 Å². The lowest BCUT2D eigenvalue weighted by Crippen LogP contribution is -2.52. The molecule has 92 valence electrons. The molecule has 1 nitrogen and oxygen atoms in total. The second-order valence-electron chi connectivity index (χ2n) is 6.42. The molecule has 0 aromatic heterocycles. The fraction of sp³-hybridized carbons (Fsp3) is 0.867. The quantitative estimate of drug-likeness (QED) is 0.669. The molecule has 0 saturated heterocycles. The summed E-state index contributed by atoms with van der Waals surface area (Å²) in [5.41, 5.74) is 1.07. The highest BCUT2D eigenvalue weighted by Gasteiger charge is 2.49. The van der Waals surface area contributed by atoms with Crippen LogP contribution >= 0.6 is 0 Å². The number of allylic oxidation sites excluding steroid dienone is 1. The lowest BCUT2D eigenvalue weighted by molar-refractivity contribution is -0.111. The first-order valence-corrected chi connectivity index (χ1v) is 6.85. The summed E-state index contributed by atoms with van der Waals surface area (Å²) in [5.74, 6) is 2.24. The molecule has 1 N–H and O–H groups in total. The molecule has 1 fully saturated rings. The fourth-order valence-corrected chi connectivity index (χ4v) is 3.79. The topological polar surface area (TPSA) is 20.2 Å². The monoisotopic (exact) mass is 222 g/mol. The zero-order chi connectivity index (χ0) is 11.9. The molecule has 0 amide bonds. The Morgan fingerprint density at radius 1 is 1.38 bits per heavy atom. The summed E-state index contributed by atoms with van der Waals surface area (Å²) in [6.07, 6.45) is 6.93. The average Bonchev–Trinajstić information content (AvgIpc) is 2.21. The van der Waals surface area contributed by atoms with Gasteiger partial charge < -0.3 is 5.11 Å². The largest absolute Gasteiger partial charge is 0.389 e. The molecule has 0 spiro atoms. The Bertz CT molecular complexity index is 292. The van der Waals surface area contributed by atoms with Gasteiger partial charge in [0.05, 0.1) is 5.60 Å². The van der Waals surface area contributed by atoms with Crippen molar-refractivity contribution in [2.45, 2.75) is 59.0 Å². The average molecular weight is 222 g/mol. The first-order chi connectivity index (χ1) is 7.45. The maximum absolute atomic E-state index is 11.0. The van der Waals surface area contributed by atoms with E-state index < -0.39 is 5.60 Å². The molecule has 2 rings (SSSR count). The van der Waals surface area contributed by atoms with E-state index in [1.54, 1.807) is 0 Å². The Labute approximate surface area is 99.9 Å². The minimum atomic E-state index is -0.410. The lowest BCUT2D eigenvalue weighted by Gasteiger charge is -2.51. The molecule has 1 heteroatoms. The molecule has 0 heterocycles. The van der Waals surface area contributed by atoms with Crippen LogP contribution in [0.15, 0.2) is 11.6 Å². The maximum atomic E-state index is 11.0. The summed E-state index contributed by atoms with van der Waals surface area (Å²) < 4.78 is 0. The lowest BCUT2D eigenvalue weighted by atomic mass is 9.57. The van der Waals surface area contributed by atoms with Gasteiger partial charge in [0.25, 0.3) is 0 Å². The van der Waals surface area contributed by atoms with Gasteiger partial charge in [-0.05, 0) is 50.4 Å². The van der Waals surface area contributed by atoms with Crippen molar-refractivity contribution in [2.75, 3.05) is 0 Å². The Balaban J connectivity index is 2.32. The van der Waals surface area contributed by atoms with Gasteiger partial charge in [-0.3, -0.25) is 0 Å². The van der Waals surface area contributed by atoms with Crippen LogP contribution in [-0.4, -0.2) is 10.7 Å². The molecule has 2 aliphatic rings. The minimum absolute atomic E-state index is 0.407. The van der Waals surface area contributed by atoms with E-state index in [0.29, 0.717) is 23.7 Å². The molecule has 16 heavy (non-hydrogen) atoms. The van der Waals surface area contributed by atoms with E-state index in [1.165, 1.54) is 18.4 Å². The normalized spacial score (nSPS) is 44.1. The molecule has 0 unspecified atom stereocenters. The second-order valence-corrected chi connectivity index (χ2v) is 6.42. The first kappa shape index (κ1) is 12.2. The predicted molar refractivity (Wildman–Crippen MR) is 68.2 cm³/mol. The summed E-state index contributed by atoms with van der Waals surface area (Å²) >= 11 is 0. The minimum Gasteiger partial charge on any atom is -0.389 e. The SMILES string of the molecule is CC1=C[C@@H]2[C@H](C(C)C)CC[C@H](C)[C@@]2(O)CC1. The van der Waals surface area contributed by atoms with Gasteiger partial charge in [0.1, 0.15) is 0 Å². The molecular formula is C15H26O. The van der Waals surface area contributed by atoms with Crippen LogP contribution in [0.3, 0.4) is 0 Å². The van der Waals surface area contributed by atoms with Crippen molar-refractivity contribution in [3.05, 3.63) is 11.6 Å². The summed E-state index contributed by atoms with van der Waals surface area (Å²) in [5, 5.41) is 11.0. The van der Waals surface area contributed by atoms with Gasteiger partial charge in [-0.25, -0.2) is 0 Å². The maximum Gasteiger partial charge on any atom is 0.0741 e. The van der Waals surface area contributed by atoms with Crippen LogP contribution in [0.1, 0.15) is 53.4 Å². The van der Waals surface area contributed by atoms with Crippen molar-refractivity contribution in [1.82, 2.24) is 0 Å². The molecule has 0 aromatic carbocycles. The third-order valence-corrected chi connectivity index (χ3v) is 5.07.